The summed E-state index contributed by atoms with van der Waals surface area (Å²) in [6.07, 6.45) is 4.91. The summed E-state index contributed by atoms with van der Waals surface area (Å²) in [5.74, 6) is -0.224. The summed E-state index contributed by atoms with van der Waals surface area (Å²) in [6, 6.07) is 10.5. The molecule has 3 aromatic rings. The Balaban J connectivity index is 1.76. The summed E-state index contributed by atoms with van der Waals surface area (Å²) >= 11 is 0. The van der Waals surface area contributed by atoms with Crippen LogP contribution in [0.4, 0.5) is 0 Å². The first kappa shape index (κ1) is 19.5. The molecule has 1 aromatic carbocycles. The maximum Gasteiger partial charge on any atom is 0.274 e. The highest BCUT2D eigenvalue weighted by molar-refractivity contribution is 5.92. The summed E-state index contributed by atoms with van der Waals surface area (Å²) in [4.78, 5) is 30.4. The minimum Gasteiger partial charge on any atom is -0.334 e. The van der Waals surface area contributed by atoms with Gasteiger partial charge in [-0.1, -0.05) is 25.5 Å². The highest BCUT2D eigenvalue weighted by Gasteiger charge is 2.21. The van der Waals surface area contributed by atoms with Gasteiger partial charge in [0.25, 0.3) is 11.5 Å². The molecule has 28 heavy (non-hydrogen) atoms. The van der Waals surface area contributed by atoms with Crippen LogP contribution in [0.1, 0.15) is 48.8 Å². The van der Waals surface area contributed by atoms with Crippen LogP contribution >= 0.6 is 0 Å². The van der Waals surface area contributed by atoms with E-state index in [4.69, 9.17) is 0 Å². The molecule has 0 radical (unpaired) electrons. The normalized spacial score (nSPS) is 12.0. The second-order valence-electron chi connectivity index (χ2n) is 6.66. The third-order valence-corrected chi connectivity index (χ3v) is 4.77. The molecule has 0 aliphatic rings. The Labute approximate surface area is 163 Å². The molecule has 0 bridgehead atoms. The van der Waals surface area contributed by atoms with Crippen molar-refractivity contribution in [2.24, 2.45) is 0 Å². The first-order chi connectivity index (χ1) is 13.5. The number of nitrogens with zero attached hydrogens (tertiary/aromatic N) is 6. The van der Waals surface area contributed by atoms with Crippen LogP contribution in [0.5, 0.6) is 0 Å². The SMILES string of the molecule is CCCCn1nc(C(=O)N(C)C(C)c2ccc(-n3cncn3)cc2)ccc1=O. The fourth-order valence-corrected chi connectivity index (χ4v) is 2.86. The number of amides is 1. The van der Waals surface area contributed by atoms with Crippen LogP contribution in [0, 0.1) is 0 Å². The van der Waals surface area contributed by atoms with Crippen LogP contribution in [0.2, 0.25) is 0 Å². The fourth-order valence-electron chi connectivity index (χ4n) is 2.86. The molecular formula is C20H24N6O2. The number of unbranched alkanes of at least 4 members (excludes halogenated alkanes) is 1. The fraction of sp³-hybridized carbons (Fsp3) is 0.350. The number of carbonyl (C=O) groups is 1. The van der Waals surface area contributed by atoms with Crippen LogP contribution in [0.3, 0.4) is 0 Å². The molecule has 0 aliphatic heterocycles. The van der Waals surface area contributed by atoms with Crippen molar-refractivity contribution < 1.29 is 4.79 Å². The van der Waals surface area contributed by atoms with Gasteiger partial charge in [0.05, 0.1) is 11.7 Å². The lowest BCUT2D eigenvalue weighted by Gasteiger charge is -2.25. The molecule has 8 heteroatoms. The van der Waals surface area contributed by atoms with Gasteiger partial charge in [-0.3, -0.25) is 9.59 Å². The molecular weight excluding hydrogens is 356 g/mol. The molecule has 0 spiro atoms. The number of carbonyl (C=O) groups excluding carboxylic acids is 1. The van der Waals surface area contributed by atoms with Crippen molar-refractivity contribution in [3.05, 3.63) is 70.7 Å². The van der Waals surface area contributed by atoms with E-state index in [0.29, 0.717) is 6.54 Å². The standard InChI is InChI=1S/C20H24N6O2/c1-4-5-12-25-19(27)11-10-18(23-25)20(28)24(3)15(2)16-6-8-17(9-7-16)26-14-21-13-22-26/h6-11,13-15H,4-5,12H2,1-3H3. The molecule has 1 amide bonds. The largest absolute Gasteiger partial charge is 0.334 e. The van der Waals surface area contributed by atoms with Crippen molar-refractivity contribution in [1.82, 2.24) is 29.4 Å². The Morgan fingerprint density at radius 1 is 1.18 bits per heavy atom. The van der Waals surface area contributed by atoms with E-state index in [1.54, 1.807) is 23.0 Å². The van der Waals surface area contributed by atoms with Crippen molar-refractivity contribution in [2.75, 3.05) is 7.05 Å². The minimum absolute atomic E-state index is 0.157. The van der Waals surface area contributed by atoms with Gasteiger partial charge in [-0.25, -0.2) is 14.3 Å². The predicted octanol–water partition coefficient (Wildman–Crippen LogP) is 2.46. The lowest BCUT2D eigenvalue weighted by atomic mass is 10.1. The number of hydrogen-bond acceptors (Lipinski definition) is 5. The van der Waals surface area contributed by atoms with E-state index >= 15 is 0 Å². The van der Waals surface area contributed by atoms with Crippen molar-refractivity contribution in [3.63, 3.8) is 0 Å². The Morgan fingerprint density at radius 3 is 2.57 bits per heavy atom. The van der Waals surface area contributed by atoms with Gasteiger partial charge in [0, 0.05) is 19.7 Å². The predicted molar refractivity (Wildman–Crippen MR) is 105 cm³/mol. The van der Waals surface area contributed by atoms with Gasteiger partial charge in [0.15, 0.2) is 0 Å². The van der Waals surface area contributed by atoms with Crippen LogP contribution in [0.25, 0.3) is 5.69 Å². The minimum atomic E-state index is -0.224. The van der Waals surface area contributed by atoms with Gasteiger partial charge >= 0.3 is 0 Å². The van der Waals surface area contributed by atoms with Gasteiger partial charge in [-0.15, -0.1) is 0 Å². The third-order valence-electron chi connectivity index (χ3n) is 4.77. The number of aromatic nitrogens is 5. The lowest BCUT2D eigenvalue weighted by molar-refractivity contribution is 0.0733. The van der Waals surface area contributed by atoms with Crippen LogP contribution in [0.15, 0.2) is 53.8 Å². The number of aryl methyl sites for hydroxylation is 1. The molecule has 1 unspecified atom stereocenters. The Morgan fingerprint density at radius 2 is 1.93 bits per heavy atom. The van der Waals surface area contributed by atoms with Crippen molar-refractivity contribution in [3.8, 4) is 5.69 Å². The van der Waals surface area contributed by atoms with Gasteiger partial charge in [-0.2, -0.15) is 10.2 Å². The number of rotatable bonds is 7. The Bertz CT molecular complexity index is 979. The maximum atomic E-state index is 12.9. The lowest BCUT2D eigenvalue weighted by Crippen LogP contribution is -2.33. The van der Waals surface area contributed by atoms with E-state index in [0.717, 1.165) is 24.1 Å². The topological polar surface area (TPSA) is 85.9 Å². The molecule has 0 fully saturated rings. The van der Waals surface area contributed by atoms with E-state index in [2.05, 4.69) is 15.2 Å². The van der Waals surface area contributed by atoms with Crippen LogP contribution < -0.4 is 5.56 Å². The smallest absolute Gasteiger partial charge is 0.274 e. The molecule has 0 saturated heterocycles. The average molecular weight is 380 g/mol. The second kappa shape index (κ2) is 8.60. The first-order valence-electron chi connectivity index (χ1n) is 9.31. The molecule has 0 saturated carbocycles. The van der Waals surface area contributed by atoms with Crippen molar-refractivity contribution in [1.29, 1.82) is 0 Å². The van der Waals surface area contributed by atoms with Gasteiger partial charge in [0.2, 0.25) is 0 Å². The Kier molecular flexibility index (Phi) is 5.98. The first-order valence-corrected chi connectivity index (χ1v) is 9.31. The highest BCUT2D eigenvalue weighted by atomic mass is 16.2. The van der Waals surface area contributed by atoms with E-state index in [9.17, 15) is 9.59 Å². The zero-order valence-corrected chi connectivity index (χ0v) is 16.3. The zero-order valence-electron chi connectivity index (χ0n) is 16.3. The van der Waals surface area contributed by atoms with E-state index < -0.39 is 0 Å². The summed E-state index contributed by atoms with van der Waals surface area (Å²) in [5.41, 5.74) is 1.96. The van der Waals surface area contributed by atoms with Gasteiger partial charge in [-0.05, 0) is 37.1 Å². The van der Waals surface area contributed by atoms with Crippen molar-refractivity contribution >= 4 is 5.91 Å². The molecule has 3 rings (SSSR count). The van der Waals surface area contributed by atoms with Crippen molar-refractivity contribution in [2.45, 2.75) is 39.3 Å². The van der Waals surface area contributed by atoms with E-state index in [-0.39, 0.29) is 23.2 Å². The zero-order chi connectivity index (χ0) is 20.1. The summed E-state index contributed by atoms with van der Waals surface area (Å²) in [5, 5.41) is 8.35. The molecule has 1 atom stereocenters. The number of hydrogen-bond donors (Lipinski definition) is 0. The molecule has 146 valence electrons. The van der Waals surface area contributed by atoms with Gasteiger partial charge in [0.1, 0.15) is 18.3 Å². The second-order valence-corrected chi connectivity index (χ2v) is 6.66. The van der Waals surface area contributed by atoms with E-state index in [1.807, 2.05) is 38.1 Å². The molecule has 8 nitrogen and oxygen atoms in total. The summed E-state index contributed by atoms with van der Waals surface area (Å²) in [6.45, 7) is 4.51. The Hall–Kier alpha value is -3.29. The van der Waals surface area contributed by atoms with E-state index in [1.165, 1.54) is 23.1 Å². The molecule has 2 aromatic heterocycles. The highest BCUT2D eigenvalue weighted by Crippen LogP contribution is 2.21. The number of benzene rings is 1. The molecule has 0 N–H and O–H groups in total. The van der Waals surface area contributed by atoms with Gasteiger partial charge < -0.3 is 4.90 Å². The summed E-state index contributed by atoms with van der Waals surface area (Å²) < 4.78 is 3.04. The molecule has 0 aliphatic carbocycles. The summed E-state index contributed by atoms with van der Waals surface area (Å²) in [7, 11) is 1.74. The third kappa shape index (κ3) is 4.16. The average Bonchev–Trinajstić information content (AvgIpc) is 3.26. The molecule has 2 heterocycles. The van der Waals surface area contributed by atoms with Crippen LogP contribution in [-0.2, 0) is 6.54 Å². The van der Waals surface area contributed by atoms with Crippen LogP contribution in [-0.4, -0.2) is 42.4 Å². The maximum absolute atomic E-state index is 12.9. The quantitative estimate of drug-likeness (QED) is 0.628. The monoisotopic (exact) mass is 380 g/mol.